The topological polar surface area (TPSA) is 75.1 Å². The van der Waals surface area contributed by atoms with Crippen molar-refractivity contribution in [3.05, 3.63) is 41.7 Å². The summed E-state index contributed by atoms with van der Waals surface area (Å²) in [6.07, 6.45) is 9.13. The predicted molar refractivity (Wildman–Crippen MR) is 112 cm³/mol. The summed E-state index contributed by atoms with van der Waals surface area (Å²) in [6.45, 7) is 4.30. The molecule has 5 heteroatoms. The van der Waals surface area contributed by atoms with E-state index in [4.69, 9.17) is 4.98 Å². The van der Waals surface area contributed by atoms with Gasteiger partial charge in [0, 0.05) is 12.0 Å². The van der Waals surface area contributed by atoms with Crippen LogP contribution in [0.15, 0.2) is 30.5 Å². The molecule has 0 bridgehead atoms. The average Bonchev–Trinajstić information content (AvgIpc) is 2.70. The molecule has 1 aromatic heterocycles. The van der Waals surface area contributed by atoms with Crippen molar-refractivity contribution < 1.29 is 9.90 Å². The first-order valence-electron chi connectivity index (χ1n) is 10.4. The molecule has 0 radical (unpaired) electrons. The summed E-state index contributed by atoms with van der Waals surface area (Å²) in [5, 5.41) is 12.2. The number of amides is 1. The summed E-state index contributed by atoms with van der Waals surface area (Å²) in [4.78, 5) is 21.9. The number of aliphatic hydroxyl groups is 1. The van der Waals surface area contributed by atoms with E-state index in [1.54, 1.807) is 6.20 Å². The number of nitrogens with zero attached hydrogens (tertiary/aromatic N) is 2. The highest BCUT2D eigenvalue weighted by Crippen LogP contribution is 2.27. The van der Waals surface area contributed by atoms with Gasteiger partial charge >= 0.3 is 0 Å². The van der Waals surface area contributed by atoms with E-state index >= 15 is 0 Å². The molecule has 1 aromatic carbocycles. The fraction of sp³-hybridized carbons (Fsp3) is 0.522. The van der Waals surface area contributed by atoms with E-state index < -0.39 is 0 Å². The number of rotatable bonds is 7. The van der Waals surface area contributed by atoms with Gasteiger partial charge in [0.15, 0.2) is 5.82 Å². The van der Waals surface area contributed by atoms with Gasteiger partial charge in [-0.15, -0.1) is 0 Å². The molecular formula is C23H31N3O2. The van der Waals surface area contributed by atoms with Crippen molar-refractivity contribution in [1.82, 2.24) is 9.97 Å². The van der Waals surface area contributed by atoms with Crippen molar-refractivity contribution in [2.75, 3.05) is 5.32 Å². The van der Waals surface area contributed by atoms with Gasteiger partial charge < -0.3 is 10.4 Å². The third-order valence-corrected chi connectivity index (χ3v) is 5.34. The van der Waals surface area contributed by atoms with Gasteiger partial charge in [-0.3, -0.25) is 4.79 Å². The van der Waals surface area contributed by atoms with Crippen LogP contribution >= 0.6 is 0 Å². The van der Waals surface area contributed by atoms with Crippen molar-refractivity contribution in [2.24, 2.45) is 11.8 Å². The number of hydrogen-bond acceptors (Lipinski definition) is 4. The van der Waals surface area contributed by atoms with Crippen LogP contribution in [0.25, 0.3) is 11.3 Å². The maximum atomic E-state index is 12.5. The van der Waals surface area contributed by atoms with Gasteiger partial charge in [-0.2, -0.15) is 0 Å². The number of hydrogen-bond donors (Lipinski definition) is 2. The second kappa shape index (κ2) is 9.78. The normalized spacial score (nSPS) is 15.0. The zero-order chi connectivity index (χ0) is 19.9. The Bertz CT molecular complexity index is 781. The largest absolute Gasteiger partial charge is 0.392 e. The first-order chi connectivity index (χ1) is 13.5. The minimum absolute atomic E-state index is 0.0243. The number of anilines is 1. The summed E-state index contributed by atoms with van der Waals surface area (Å²) in [7, 11) is 0. The van der Waals surface area contributed by atoms with Gasteiger partial charge in [0.25, 0.3) is 0 Å². The Morgan fingerprint density at radius 1 is 1.18 bits per heavy atom. The molecule has 2 N–H and O–H groups in total. The monoisotopic (exact) mass is 381 g/mol. The maximum absolute atomic E-state index is 12.5. The van der Waals surface area contributed by atoms with Crippen molar-refractivity contribution in [2.45, 2.75) is 65.4 Å². The molecule has 1 saturated carbocycles. The molecule has 0 saturated heterocycles. The Morgan fingerprint density at radius 3 is 2.54 bits per heavy atom. The van der Waals surface area contributed by atoms with Crippen LogP contribution in [0.4, 0.5) is 5.82 Å². The molecule has 1 fully saturated rings. The third kappa shape index (κ3) is 5.61. The van der Waals surface area contributed by atoms with Crippen molar-refractivity contribution >= 4 is 11.7 Å². The van der Waals surface area contributed by atoms with Gasteiger partial charge in [0.05, 0.1) is 24.2 Å². The molecule has 0 spiro atoms. The number of aliphatic hydroxyl groups excluding tert-OH is 1. The van der Waals surface area contributed by atoms with Crippen molar-refractivity contribution in [1.29, 1.82) is 0 Å². The first kappa shape index (κ1) is 20.5. The molecule has 0 atom stereocenters. The Kier molecular flexibility index (Phi) is 7.15. The molecule has 1 aliphatic carbocycles. The maximum Gasteiger partial charge on any atom is 0.225 e. The highest BCUT2D eigenvalue weighted by Gasteiger charge is 2.19. The molecule has 3 rings (SSSR count). The van der Waals surface area contributed by atoms with E-state index in [0.717, 1.165) is 41.8 Å². The SMILES string of the molecule is CC(C)Cc1nc(-c2ccc(CO)cc2)cnc1NC(=O)CC1CCCCC1. The smallest absolute Gasteiger partial charge is 0.225 e. The molecule has 28 heavy (non-hydrogen) atoms. The zero-order valence-corrected chi connectivity index (χ0v) is 16.9. The highest BCUT2D eigenvalue weighted by molar-refractivity contribution is 5.90. The van der Waals surface area contributed by atoms with E-state index in [2.05, 4.69) is 24.1 Å². The lowest BCUT2D eigenvalue weighted by molar-refractivity contribution is -0.117. The summed E-state index contributed by atoms with van der Waals surface area (Å²) in [6, 6.07) is 7.66. The van der Waals surface area contributed by atoms with Gasteiger partial charge in [-0.1, -0.05) is 57.4 Å². The van der Waals surface area contributed by atoms with Crippen LogP contribution in [0.2, 0.25) is 0 Å². The van der Waals surface area contributed by atoms with Crippen molar-refractivity contribution in [3.8, 4) is 11.3 Å². The second-order valence-electron chi connectivity index (χ2n) is 8.26. The Hall–Kier alpha value is -2.27. The van der Waals surface area contributed by atoms with Gasteiger partial charge in [-0.05, 0) is 36.7 Å². The van der Waals surface area contributed by atoms with Crippen LogP contribution in [-0.2, 0) is 17.8 Å². The van der Waals surface area contributed by atoms with Crippen LogP contribution in [-0.4, -0.2) is 21.0 Å². The Labute approximate surface area is 167 Å². The van der Waals surface area contributed by atoms with Crippen LogP contribution in [0, 0.1) is 11.8 Å². The number of benzene rings is 1. The zero-order valence-electron chi connectivity index (χ0n) is 16.9. The van der Waals surface area contributed by atoms with Gasteiger partial charge in [-0.25, -0.2) is 9.97 Å². The number of carbonyl (C=O) groups is 1. The van der Waals surface area contributed by atoms with E-state index in [9.17, 15) is 9.90 Å². The molecular weight excluding hydrogens is 350 g/mol. The minimum atomic E-state index is 0.0243. The van der Waals surface area contributed by atoms with E-state index in [-0.39, 0.29) is 12.5 Å². The standard InChI is InChI=1S/C23H31N3O2/c1-16(2)12-20-23(26-22(28)13-17-6-4-3-5-7-17)24-14-21(25-20)19-10-8-18(15-27)9-11-19/h8-11,14,16-17,27H,3-7,12-13,15H2,1-2H3,(H,24,26,28). The van der Waals surface area contributed by atoms with Gasteiger partial charge in [0.2, 0.25) is 5.91 Å². The van der Waals surface area contributed by atoms with Gasteiger partial charge in [0.1, 0.15) is 0 Å². The average molecular weight is 382 g/mol. The second-order valence-corrected chi connectivity index (χ2v) is 8.26. The molecule has 1 amide bonds. The predicted octanol–water partition coefficient (Wildman–Crippen LogP) is 4.74. The molecule has 150 valence electrons. The van der Waals surface area contributed by atoms with Crippen molar-refractivity contribution in [3.63, 3.8) is 0 Å². The summed E-state index contributed by atoms with van der Waals surface area (Å²) < 4.78 is 0. The van der Waals surface area contributed by atoms with E-state index in [1.165, 1.54) is 19.3 Å². The summed E-state index contributed by atoms with van der Waals surface area (Å²) >= 11 is 0. The van der Waals surface area contributed by atoms with Crippen LogP contribution in [0.3, 0.4) is 0 Å². The Balaban J connectivity index is 1.76. The van der Waals surface area contributed by atoms with E-state index in [1.807, 2.05) is 24.3 Å². The first-order valence-corrected chi connectivity index (χ1v) is 10.4. The molecule has 1 aliphatic rings. The number of nitrogens with one attached hydrogen (secondary N) is 1. The molecule has 1 heterocycles. The highest BCUT2D eigenvalue weighted by atomic mass is 16.3. The number of carbonyl (C=O) groups excluding carboxylic acids is 1. The molecule has 2 aromatic rings. The third-order valence-electron chi connectivity index (χ3n) is 5.34. The fourth-order valence-electron chi connectivity index (χ4n) is 3.82. The molecule has 5 nitrogen and oxygen atoms in total. The molecule has 0 aliphatic heterocycles. The lowest BCUT2D eigenvalue weighted by Gasteiger charge is -2.21. The lowest BCUT2D eigenvalue weighted by Crippen LogP contribution is -2.20. The van der Waals surface area contributed by atoms with Crippen LogP contribution in [0.5, 0.6) is 0 Å². The van der Waals surface area contributed by atoms with Crippen LogP contribution < -0.4 is 5.32 Å². The Morgan fingerprint density at radius 2 is 1.89 bits per heavy atom. The minimum Gasteiger partial charge on any atom is -0.392 e. The fourth-order valence-corrected chi connectivity index (χ4v) is 3.82. The summed E-state index contributed by atoms with van der Waals surface area (Å²) in [5.41, 5.74) is 3.43. The summed E-state index contributed by atoms with van der Waals surface area (Å²) in [5.74, 6) is 1.55. The van der Waals surface area contributed by atoms with E-state index in [0.29, 0.717) is 24.1 Å². The number of aromatic nitrogens is 2. The van der Waals surface area contributed by atoms with Crippen LogP contribution in [0.1, 0.15) is 63.6 Å². The molecule has 0 unspecified atom stereocenters. The lowest BCUT2D eigenvalue weighted by atomic mass is 9.87. The quantitative estimate of drug-likeness (QED) is 0.726.